The normalized spacial score (nSPS) is 21.4. The third-order valence-electron chi connectivity index (χ3n) is 6.16. The Labute approximate surface area is 174 Å². The summed E-state index contributed by atoms with van der Waals surface area (Å²) in [6, 6.07) is 6.47. The number of fused-ring (bicyclic) bond motifs is 4. The summed E-state index contributed by atoms with van der Waals surface area (Å²) < 4.78 is 2.07. The van der Waals surface area contributed by atoms with Crippen LogP contribution in [0.4, 0.5) is 0 Å². The predicted octanol–water partition coefficient (Wildman–Crippen LogP) is 2.88. The first-order chi connectivity index (χ1) is 14.2. The van der Waals surface area contributed by atoms with E-state index < -0.39 is 0 Å². The molecule has 5 rings (SSSR count). The molecule has 2 aliphatic heterocycles. The Morgan fingerprint density at radius 2 is 2.17 bits per heavy atom. The summed E-state index contributed by atoms with van der Waals surface area (Å²) in [4.78, 5) is 25.3. The maximum Gasteiger partial charge on any atom is 0.255 e. The van der Waals surface area contributed by atoms with Gasteiger partial charge in [-0.25, -0.2) is 4.98 Å². The Hall–Kier alpha value is -2.22. The zero-order valence-electron chi connectivity index (χ0n) is 16.8. The van der Waals surface area contributed by atoms with E-state index in [1.54, 1.807) is 17.5 Å². The van der Waals surface area contributed by atoms with Crippen LogP contribution < -0.4 is 5.56 Å². The van der Waals surface area contributed by atoms with Crippen molar-refractivity contribution in [2.45, 2.75) is 38.5 Å². The number of piperidine rings is 1. The first-order valence-electron chi connectivity index (χ1n) is 10.3. The molecule has 1 fully saturated rings. The van der Waals surface area contributed by atoms with E-state index in [1.165, 1.54) is 17.7 Å². The summed E-state index contributed by atoms with van der Waals surface area (Å²) in [5, 5.41) is 4.40. The van der Waals surface area contributed by atoms with Gasteiger partial charge in [0.1, 0.15) is 5.82 Å². The van der Waals surface area contributed by atoms with Crippen molar-refractivity contribution >= 4 is 11.3 Å². The lowest BCUT2D eigenvalue weighted by atomic mass is 9.83. The van der Waals surface area contributed by atoms with Crippen molar-refractivity contribution in [1.29, 1.82) is 0 Å². The number of hydrogen-bond donors (Lipinski definition) is 1. The molecule has 5 heterocycles. The summed E-state index contributed by atoms with van der Waals surface area (Å²) in [7, 11) is 2.03. The van der Waals surface area contributed by atoms with Crippen LogP contribution in [0.15, 0.2) is 46.1 Å². The van der Waals surface area contributed by atoms with Gasteiger partial charge in [-0.1, -0.05) is 6.07 Å². The quantitative estimate of drug-likeness (QED) is 0.680. The lowest BCUT2D eigenvalue weighted by Crippen LogP contribution is -2.47. The van der Waals surface area contributed by atoms with Gasteiger partial charge in [0.25, 0.3) is 5.56 Å². The molecule has 6 nitrogen and oxygen atoms in total. The van der Waals surface area contributed by atoms with Crippen molar-refractivity contribution in [2.75, 3.05) is 20.1 Å². The van der Waals surface area contributed by atoms with Gasteiger partial charge in [0, 0.05) is 62.3 Å². The highest BCUT2D eigenvalue weighted by Crippen LogP contribution is 2.35. The molecule has 3 aromatic rings. The summed E-state index contributed by atoms with van der Waals surface area (Å²) in [5.41, 5.74) is 3.69. The molecular weight excluding hydrogens is 382 g/mol. The van der Waals surface area contributed by atoms with Gasteiger partial charge in [0.2, 0.25) is 0 Å². The van der Waals surface area contributed by atoms with Crippen LogP contribution in [0.25, 0.3) is 0 Å². The van der Waals surface area contributed by atoms with Crippen LogP contribution in [0, 0.1) is 5.92 Å². The molecule has 152 valence electrons. The van der Waals surface area contributed by atoms with Gasteiger partial charge >= 0.3 is 0 Å². The molecule has 3 aromatic heterocycles. The van der Waals surface area contributed by atoms with Gasteiger partial charge in [-0.15, -0.1) is 0 Å². The second-order valence-electron chi connectivity index (χ2n) is 8.53. The van der Waals surface area contributed by atoms with Crippen molar-refractivity contribution < 1.29 is 0 Å². The minimum absolute atomic E-state index is 0.190. The highest BCUT2D eigenvalue weighted by molar-refractivity contribution is 7.07. The van der Waals surface area contributed by atoms with E-state index in [0.29, 0.717) is 24.9 Å². The number of nitrogens with one attached hydrogen (secondary N) is 1. The summed E-state index contributed by atoms with van der Waals surface area (Å²) in [5.74, 6) is 1.95. The number of imidazole rings is 1. The van der Waals surface area contributed by atoms with Crippen molar-refractivity contribution in [3.05, 3.63) is 74.4 Å². The zero-order chi connectivity index (χ0) is 19.8. The van der Waals surface area contributed by atoms with Crippen LogP contribution in [0.2, 0.25) is 0 Å². The molecule has 0 amide bonds. The topological polar surface area (TPSA) is 57.2 Å². The lowest BCUT2D eigenvalue weighted by Gasteiger charge is -2.43. The molecule has 2 bridgehead atoms. The van der Waals surface area contributed by atoms with Crippen molar-refractivity contribution in [3.63, 3.8) is 0 Å². The smallest absolute Gasteiger partial charge is 0.255 e. The van der Waals surface area contributed by atoms with Gasteiger partial charge in [0.05, 0.1) is 6.54 Å². The Bertz CT molecular complexity index is 1010. The van der Waals surface area contributed by atoms with E-state index in [0.717, 1.165) is 37.6 Å². The van der Waals surface area contributed by atoms with E-state index in [1.807, 2.05) is 19.3 Å². The largest absolute Gasteiger partial charge is 0.348 e. The Morgan fingerprint density at radius 3 is 2.97 bits per heavy atom. The monoisotopic (exact) mass is 409 g/mol. The number of aromatic nitrogens is 3. The molecule has 0 unspecified atom stereocenters. The van der Waals surface area contributed by atoms with Crippen molar-refractivity contribution in [3.8, 4) is 0 Å². The maximum absolute atomic E-state index is 13.2. The first-order valence-corrected chi connectivity index (χ1v) is 11.2. The first kappa shape index (κ1) is 18.8. The molecule has 0 spiro atoms. The van der Waals surface area contributed by atoms with E-state index >= 15 is 0 Å². The molecule has 2 atom stereocenters. The van der Waals surface area contributed by atoms with Gasteiger partial charge in [-0.2, -0.15) is 11.3 Å². The van der Waals surface area contributed by atoms with Crippen LogP contribution in [-0.4, -0.2) is 44.5 Å². The van der Waals surface area contributed by atoms with Crippen LogP contribution in [0.5, 0.6) is 0 Å². The fourth-order valence-corrected chi connectivity index (χ4v) is 5.63. The molecule has 29 heavy (non-hydrogen) atoms. The average Bonchev–Trinajstić information content (AvgIpc) is 3.39. The number of thiophene rings is 1. The summed E-state index contributed by atoms with van der Waals surface area (Å²) >= 11 is 1.77. The van der Waals surface area contributed by atoms with Crippen LogP contribution in [-0.2, 0) is 26.2 Å². The standard InChI is InChI=1S/C22H27N5OS/c1-25(14-21-23-5-6-24-21)12-18-2-3-20-19-8-17(11-27(20)22(18)28)10-26(13-19)9-16-4-7-29-15-16/h2-7,15,17,19H,8-14H2,1H3,(H,23,24)/t17-,19+/m0/s1. The van der Waals surface area contributed by atoms with E-state index in [9.17, 15) is 4.79 Å². The number of aromatic amines is 1. The maximum atomic E-state index is 13.2. The fraction of sp³-hybridized carbons (Fsp3) is 0.455. The fourth-order valence-electron chi connectivity index (χ4n) is 4.97. The number of H-pyrrole nitrogens is 1. The molecule has 0 saturated carbocycles. The lowest BCUT2D eigenvalue weighted by molar-refractivity contribution is 0.114. The van der Waals surface area contributed by atoms with Gasteiger partial charge in [-0.3, -0.25) is 14.6 Å². The molecule has 1 N–H and O–H groups in total. The number of pyridine rings is 1. The molecule has 0 aliphatic carbocycles. The molecule has 1 saturated heterocycles. The molecule has 0 radical (unpaired) electrons. The van der Waals surface area contributed by atoms with Crippen LogP contribution >= 0.6 is 11.3 Å². The molecule has 0 aromatic carbocycles. The Kier molecular flexibility index (Phi) is 5.11. The third-order valence-corrected chi connectivity index (χ3v) is 6.89. The molecular formula is C22H27N5OS. The van der Waals surface area contributed by atoms with Gasteiger partial charge in [-0.05, 0) is 47.8 Å². The van der Waals surface area contributed by atoms with Gasteiger partial charge < -0.3 is 9.55 Å². The number of hydrogen-bond acceptors (Lipinski definition) is 5. The van der Waals surface area contributed by atoms with Crippen LogP contribution in [0.1, 0.15) is 35.0 Å². The highest BCUT2D eigenvalue weighted by atomic mass is 32.1. The summed E-state index contributed by atoms with van der Waals surface area (Å²) in [6.45, 7) is 5.34. The molecule has 2 aliphatic rings. The number of nitrogens with zero attached hydrogens (tertiary/aromatic N) is 4. The third kappa shape index (κ3) is 3.95. The number of likely N-dealkylation sites (tertiary alicyclic amines) is 1. The minimum Gasteiger partial charge on any atom is -0.348 e. The number of rotatable bonds is 6. The average molecular weight is 410 g/mol. The van der Waals surface area contributed by atoms with Gasteiger partial charge in [0.15, 0.2) is 0 Å². The van der Waals surface area contributed by atoms with E-state index in [2.05, 4.69) is 47.2 Å². The Morgan fingerprint density at radius 1 is 1.24 bits per heavy atom. The van der Waals surface area contributed by atoms with Crippen molar-refractivity contribution in [1.82, 2.24) is 24.3 Å². The van der Waals surface area contributed by atoms with Crippen LogP contribution in [0.3, 0.4) is 0 Å². The SMILES string of the molecule is CN(Cc1ncc[nH]1)Cc1ccc2n(c1=O)C[C@H]1C[C@@H]2CN(Cc2ccsc2)C1. The predicted molar refractivity (Wildman–Crippen MR) is 115 cm³/mol. The summed E-state index contributed by atoms with van der Waals surface area (Å²) in [6.07, 6.45) is 4.80. The highest BCUT2D eigenvalue weighted by Gasteiger charge is 2.34. The second kappa shape index (κ2) is 7.89. The van der Waals surface area contributed by atoms with Crippen molar-refractivity contribution in [2.24, 2.45) is 5.92 Å². The van der Waals surface area contributed by atoms with E-state index in [4.69, 9.17) is 0 Å². The molecule has 7 heteroatoms. The Balaban J connectivity index is 1.32. The second-order valence-corrected chi connectivity index (χ2v) is 9.31. The minimum atomic E-state index is 0.190. The van der Waals surface area contributed by atoms with E-state index in [-0.39, 0.29) is 5.56 Å². The zero-order valence-corrected chi connectivity index (χ0v) is 17.6.